The van der Waals surface area contributed by atoms with Crippen molar-refractivity contribution < 1.29 is 13.9 Å². The normalized spacial score (nSPS) is 16.1. The topological polar surface area (TPSA) is 24.9 Å². The molecule has 4 rings (SSSR count). The highest BCUT2D eigenvalue weighted by Gasteiger charge is 2.29. The maximum Gasteiger partial charge on any atom is 0.163 e. The maximum atomic E-state index is 14.7. The molecule has 2 aromatic carbocycles. The van der Waals surface area contributed by atoms with Crippen LogP contribution in [0.3, 0.4) is 0 Å². The fourth-order valence-corrected chi connectivity index (χ4v) is 4.54. The number of benzene rings is 2. The molecule has 0 spiro atoms. The third-order valence-corrected chi connectivity index (χ3v) is 5.91. The molecule has 5 heteroatoms. The second-order valence-corrected chi connectivity index (χ2v) is 8.27. The lowest BCUT2D eigenvalue weighted by atomic mass is 9.93. The Hall–Kier alpha value is -2.27. The number of nitrogens with zero attached hydrogens (tertiary/aromatic N) is 2. The summed E-state index contributed by atoms with van der Waals surface area (Å²) in [5, 5.41) is 0. The second-order valence-electron chi connectivity index (χ2n) is 8.27. The zero-order valence-electron chi connectivity index (χ0n) is 17.7. The number of rotatable bonds is 7. The molecule has 1 saturated heterocycles. The molecule has 0 aliphatic carbocycles. The Bertz CT molecular complexity index is 862. The van der Waals surface area contributed by atoms with Gasteiger partial charge in [0.2, 0.25) is 0 Å². The third-order valence-electron chi connectivity index (χ3n) is 5.91. The van der Waals surface area contributed by atoms with Crippen LogP contribution < -0.4 is 14.4 Å². The minimum atomic E-state index is -0.175. The number of fused-ring (bicyclic) bond motifs is 2. The molecule has 0 N–H and O–H groups in total. The number of hydrogen-bond acceptors (Lipinski definition) is 4. The minimum absolute atomic E-state index is 0.126. The minimum Gasteiger partial charge on any atom is -0.493 e. The standard InChI is InChI=1S/C24H31FN2O2/c1-17(2)27-21-16-23(29-13-7-12-26-10-4-5-11-26)22(28-3)15-19(21)14-18-8-6-9-20(25)24(18)27/h6,8-9,15-17H,4-5,7,10-14H2,1-3H3. The molecule has 0 aromatic heterocycles. The fraction of sp³-hybridized carbons (Fsp3) is 0.500. The lowest BCUT2D eigenvalue weighted by Crippen LogP contribution is -2.31. The van der Waals surface area contributed by atoms with Crippen LogP contribution in [0.5, 0.6) is 11.5 Å². The van der Waals surface area contributed by atoms with Crippen LogP contribution in [0, 0.1) is 5.82 Å². The predicted molar refractivity (Wildman–Crippen MR) is 115 cm³/mol. The van der Waals surface area contributed by atoms with Crippen molar-refractivity contribution >= 4 is 11.4 Å². The van der Waals surface area contributed by atoms with Crippen molar-refractivity contribution in [3.05, 3.63) is 47.3 Å². The van der Waals surface area contributed by atoms with Crippen LogP contribution in [0.2, 0.25) is 0 Å². The average molecular weight is 399 g/mol. The highest BCUT2D eigenvalue weighted by atomic mass is 19.1. The molecule has 0 atom stereocenters. The molecule has 1 fully saturated rings. The number of anilines is 2. The Kier molecular flexibility index (Phi) is 5.95. The second kappa shape index (κ2) is 8.62. The van der Waals surface area contributed by atoms with Crippen LogP contribution in [0.4, 0.5) is 15.8 Å². The van der Waals surface area contributed by atoms with Crippen LogP contribution in [0.25, 0.3) is 0 Å². The Morgan fingerprint density at radius 3 is 2.59 bits per heavy atom. The van der Waals surface area contributed by atoms with Crippen molar-refractivity contribution in [1.82, 2.24) is 4.90 Å². The van der Waals surface area contributed by atoms with E-state index in [-0.39, 0.29) is 11.9 Å². The van der Waals surface area contributed by atoms with Crippen molar-refractivity contribution in [2.45, 2.75) is 45.6 Å². The SMILES string of the molecule is COc1cc2c(cc1OCCCN1CCCC1)N(C(C)C)c1c(F)cccc1C2. The zero-order chi connectivity index (χ0) is 20.4. The van der Waals surface area contributed by atoms with Gasteiger partial charge < -0.3 is 19.3 Å². The molecular weight excluding hydrogens is 367 g/mol. The van der Waals surface area contributed by atoms with Gasteiger partial charge in [0.05, 0.1) is 19.4 Å². The molecule has 0 radical (unpaired) electrons. The maximum absolute atomic E-state index is 14.7. The fourth-order valence-electron chi connectivity index (χ4n) is 4.54. The Morgan fingerprint density at radius 2 is 1.86 bits per heavy atom. The Balaban J connectivity index is 1.58. The smallest absolute Gasteiger partial charge is 0.163 e. The zero-order valence-corrected chi connectivity index (χ0v) is 17.7. The largest absolute Gasteiger partial charge is 0.493 e. The van der Waals surface area contributed by atoms with Gasteiger partial charge in [-0.05, 0) is 69.5 Å². The average Bonchev–Trinajstić information content (AvgIpc) is 3.22. The first-order valence-corrected chi connectivity index (χ1v) is 10.7. The number of halogens is 1. The van der Waals surface area contributed by atoms with Gasteiger partial charge in [-0.2, -0.15) is 0 Å². The first kappa shape index (κ1) is 20.0. The van der Waals surface area contributed by atoms with Gasteiger partial charge in [0.15, 0.2) is 11.5 Å². The number of hydrogen-bond donors (Lipinski definition) is 0. The van der Waals surface area contributed by atoms with Crippen molar-refractivity contribution in [3.8, 4) is 11.5 Å². The highest BCUT2D eigenvalue weighted by molar-refractivity contribution is 5.77. The summed E-state index contributed by atoms with van der Waals surface area (Å²) < 4.78 is 26.5. The van der Waals surface area contributed by atoms with Gasteiger partial charge in [0.1, 0.15) is 5.82 Å². The molecule has 0 bridgehead atoms. The van der Waals surface area contributed by atoms with E-state index in [0.717, 1.165) is 41.3 Å². The summed E-state index contributed by atoms with van der Waals surface area (Å²) >= 11 is 0. The van der Waals surface area contributed by atoms with Gasteiger partial charge in [-0.25, -0.2) is 4.39 Å². The van der Waals surface area contributed by atoms with Crippen LogP contribution in [-0.4, -0.2) is 44.3 Å². The van der Waals surface area contributed by atoms with E-state index in [4.69, 9.17) is 9.47 Å². The van der Waals surface area contributed by atoms with E-state index in [2.05, 4.69) is 23.6 Å². The molecule has 2 heterocycles. The van der Waals surface area contributed by atoms with Crippen LogP contribution in [0.15, 0.2) is 30.3 Å². The quantitative estimate of drug-likeness (QED) is 0.602. The first-order valence-electron chi connectivity index (χ1n) is 10.7. The molecule has 0 unspecified atom stereocenters. The van der Waals surface area contributed by atoms with Crippen molar-refractivity contribution in [1.29, 1.82) is 0 Å². The summed E-state index contributed by atoms with van der Waals surface area (Å²) in [6.07, 6.45) is 4.30. The number of methoxy groups -OCH3 is 1. The summed E-state index contributed by atoms with van der Waals surface area (Å²) in [7, 11) is 1.68. The molecule has 29 heavy (non-hydrogen) atoms. The van der Waals surface area contributed by atoms with Gasteiger partial charge in [0.25, 0.3) is 0 Å². The van der Waals surface area contributed by atoms with E-state index < -0.39 is 0 Å². The van der Waals surface area contributed by atoms with Gasteiger partial charge >= 0.3 is 0 Å². The van der Waals surface area contributed by atoms with E-state index in [9.17, 15) is 4.39 Å². The number of likely N-dealkylation sites (tertiary alicyclic amines) is 1. The first-order chi connectivity index (χ1) is 14.1. The molecule has 156 valence electrons. The van der Waals surface area contributed by atoms with Gasteiger partial charge in [-0.1, -0.05) is 12.1 Å². The molecule has 0 amide bonds. The highest BCUT2D eigenvalue weighted by Crippen LogP contribution is 2.45. The molecule has 2 aromatic rings. The lowest BCUT2D eigenvalue weighted by molar-refractivity contribution is 0.254. The molecule has 2 aliphatic heterocycles. The van der Waals surface area contributed by atoms with Crippen molar-refractivity contribution in [3.63, 3.8) is 0 Å². The molecule has 2 aliphatic rings. The van der Waals surface area contributed by atoms with Gasteiger partial charge in [-0.15, -0.1) is 0 Å². The van der Waals surface area contributed by atoms with Crippen molar-refractivity contribution in [2.24, 2.45) is 0 Å². The Morgan fingerprint density at radius 1 is 1.07 bits per heavy atom. The van der Waals surface area contributed by atoms with E-state index >= 15 is 0 Å². The molecule has 4 nitrogen and oxygen atoms in total. The summed E-state index contributed by atoms with van der Waals surface area (Å²) in [5.41, 5.74) is 3.83. The van der Waals surface area contributed by atoms with Crippen LogP contribution in [0.1, 0.15) is 44.2 Å². The molecule has 0 saturated carbocycles. The number of para-hydroxylation sites is 1. The van der Waals surface area contributed by atoms with E-state index in [1.165, 1.54) is 25.9 Å². The summed E-state index contributed by atoms with van der Waals surface area (Å²) in [6.45, 7) is 8.31. The van der Waals surface area contributed by atoms with Crippen molar-refractivity contribution in [2.75, 3.05) is 38.3 Å². The van der Waals surface area contributed by atoms with E-state index in [0.29, 0.717) is 18.7 Å². The van der Waals surface area contributed by atoms with E-state index in [1.807, 2.05) is 18.2 Å². The van der Waals surface area contributed by atoms with Gasteiger partial charge in [0, 0.05) is 30.8 Å². The third kappa shape index (κ3) is 4.06. The summed E-state index contributed by atoms with van der Waals surface area (Å²) in [6, 6.07) is 9.53. The number of ether oxygens (including phenoxy) is 2. The summed E-state index contributed by atoms with van der Waals surface area (Å²) in [4.78, 5) is 4.58. The van der Waals surface area contributed by atoms with Crippen LogP contribution in [-0.2, 0) is 6.42 Å². The Labute approximate surface area is 173 Å². The van der Waals surface area contributed by atoms with Crippen LogP contribution >= 0.6 is 0 Å². The predicted octanol–water partition coefficient (Wildman–Crippen LogP) is 5.15. The summed E-state index contributed by atoms with van der Waals surface area (Å²) in [5.74, 6) is 1.30. The monoisotopic (exact) mass is 398 g/mol. The molecular formula is C24H31FN2O2. The van der Waals surface area contributed by atoms with E-state index in [1.54, 1.807) is 19.2 Å². The van der Waals surface area contributed by atoms with Gasteiger partial charge in [-0.3, -0.25) is 0 Å². The lowest BCUT2D eigenvalue weighted by Gasteiger charge is -2.37.